The van der Waals surface area contributed by atoms with Gasteiger partial charge in [0, 0.05) is 15.0 Å². The molecule has 0 saturated heterocycles. The molecule has 3 aromatic rings. The van der Waals surface area contributed by atoms with Gasteiger partial charge in [0.05, 0.1) is 29.7 Å². The molecule has 0 atom stereocenters. The fraction of sp³-hybridized carbons (Fsp3) is 0.133. The molecule has 0 N–H and O–H groups in total. The van der Waals surface area contributed by atoms with Crippen molar-refractivity contribution in [3.05, 3.63) is 51.2 Å². The zero-order valence-electron chi connectivity index (χ0n) is 11.1. The molecule has 6 heteroatoms. The van der Waals surface area contributed by atoms with Gasteiger partial charge in [-0.25, -0.2) is 4.98 Å². The van der Waals surface area contributed by atoms with Crippen LogP contribution in [0.25, 0.3) is 16.7 Å². The van der Waals surface area contributed by atoms with Crippen molar-refractivity contribution >= 4 is 54.5 Å². The van der Waals surface area contributed by atoms with E-state index in [1.807, 2.05) is 36.4 Å². The largest absolute Gasteiger partial charge is 0.497 e. The first-order valence-electron chi connectivity index (χ1n) is 6.21. The van der Waals surface area contributed by atoms with Crippen molar-refractivity contribution in [2.45, 2.75) is 5.88 Å². The molecule has 0 aliphatic carbocycles. The summed E-state index contributed by atoms with van der Waals surface area (Å²) in [7, 11) is 1.64. The second-order valence-corrected chi connectivity index (χ2v) is 6.48. The molecule has 0 fully saturated rings. The molecule has 3 rings (SSSR count). The number of rotatable bonds is 3. The molecule has 21 heavy (non-hydrogen) atoms. The van der Waals surface area contributed by atoms with E-state index in [-0.39, 0.29) is 0 Å². The lowest BCUT2D eigenvalue weighted by atomic mass is 10.2. The minimum absolute atomic E-state index is 0.333. The smallest absolute Gasteiger partial charge is 0.129 e. The molecule has 0 saturated carbocycles. The van der Waals surface area contributed by atoms with E-state index in [0.29, 0.717) is 5.88 Å². The zero-order chi connectivity index (χ0) is 15.0. The molecular weight excluding hydrogens is 419 g/mol. The Kier molecular flexibility index (Phi) is 4.24. The normalized spacial score (nSPS) is 11.0. The average Bonchev–Trinajstić information content (AvgIpc) is 2.84. The van der Waals surface area contributed by atoms with E-state index in [0.717, 1.165) is 37.2 Å². The number of aromatic nitrogens is 2. The summed E-state index contributed by atoms with van der Waals surface area (Å²) in [6.07, 6.45) is 0. The summed E-state index contributed by atoms with van der Waals surface area (Å²) < 4.78 is 9.29. The van der Waals surface area contributed by atoms with E-state index in [1.165, 1.54) is 0 Å². The van der Waals surface area contributed by atoms with Crippen LogP contribution in [0, 0.1) is 0 Å². The molecule has 1 aromatic heterocycles. The highest BCUT2D eigenvalue weighted by Crippen LogP contribution is 2.31. The Bertz CT molecular complexity index is 817. The minimum atomic E-state index is 0.333. The number of nitrogens with zero attached hydrogens (tertiary/aromatic N) is 2. The number of ether oxygens (including phenoxy) is 1. The van der Waals surface area contributed by atoms with Crippen molar-refractivity contribution in [1.82, 2.24) is 9.55 Å². The van der Waals surface area contributed by atoms with Gasteiger partial charge in [0.1, 0.15) is 11.6 Å². The number of imidazole rings is 1. The van der Waals surface area contributed by atoms with E-state index in [4.69, 9.17) is 16.3 Å². The Balaban J connectivity index is 2.29. The number of hydrogen-bond donors (Lipinski definition) is 0. The van der Waals surface area contributed by atoms with Gasteiger partial charge in [-0.05, 0) is 46.3 Å². The Morgan fingerprint density at radius 3 is 2.67 bits per heavy atom. The van der Waals surface area contributed by atoms with Gasteiger partial charge >= 0.3 is 0 Å². The molecular formula is C15H11Br2ClN2O. The highest BCUT2D eigenvalue weighted by atomic mass is 79.9. The van der Waals surface area contributed by atoms with E-state index in [1.54, 1.807) is 7.11 Å². The monoisotopic (exact) mass is 428 g/mol. The maximum Gasteiger partial charge on any atom is 0.129 e. The highest BCUT2D eigenvalue weighted by Gasteiger charge is 2.14. The summed E-state index contributed by atoms with van der Waals surface area (Å²) in [5.41, 5.74) is 2.86. The maximum atomic E-state index is 6.07. The molecule has 0 aliphatic heterocycles. The van der Waals surface area contributed by atoms with Gasteiger partial charge in [0.25, 0.3) is 0 Å². The van der Waals surface area contributed by atoms with Crippen LogP contribution in [-0.2, 0) is 5.88 Å². The third-order valence-corrected chi connectivity index (χ3v) is 4.57. The molecule has 0 amide bonds. The van der Waals surface area contributed by atoms with Crippen molar-refractivity contribution in [1.29, 1.82) is 0 Å². The summed E-state index contributed by atoms with van der Waals surface area (Å²) in [4.78, 5) is 4.60. The van der Waals surface area contributed by atoms with Crippen LogP contribution in [-0.4, -0.2) is 16.7 Å². The van der Waals surface area contributed by atoms with Crippen molar-refractivity contribution in [2.24, 2.45) is 0 Å². The minimum Gasteiger partial charge on any atom is -0.497 e. The van der Waals surface area contributed by atoms with Crippen molar-refractivity contribution < 1.29 is 4.74 Å². The molecule has 0 radical (unpaired) electrons. The predicted molar refractivity (Wildman–Crippen MR) is 92.6 cm³/mol. The molecule has 0 bridgehead atoms. The second-order valence-electron chi connectivity index (χ2n) is 4.45. The summed E-state index contributed by atoms with van der Waals surface area (Å²) in [6, 6.07) is 11.8. The van der Waals surface area contributed by atoms with E-state index < -0.39 is 0 Å². The Hall–Kier alpha value is -1.04. The van der Waals surface area contributed by atoms with Crippen LogP contribution in [0.1, 0.15) is 5.82 Å². The maximum absolute atomic E-state index is 6.07. The van der Waals surface area contributed by atoms with Gasteiger partial charge in [-0.3, -0.25) is 4.57 Å². The average molecular weight is 431 g/mol. The summed E-state index contributed by atoms with van der Waals surface area (Å²) >= 11 is 13.1. The Morgan fingerprint density at radius 1 is 1.19 bits per heavy atom. The number of benzene rings is 2. The fourth-order valence-electron chi connectivity index (χ4n) is 2.26. The van der Waals surface area contributed by atoms with Gasteiger partial charge in [0.15, 0.2) is 0 Å². The SMILES string of the molecule is COc1ccc2c(c1)nc(CCl)n2-c1ccc(Br)cc1Br. The molecule has 0 aliphatic rings. The topological polar surface area (TPSA) is 27.1 Å². The molecule has 0 unspecified atom stereocenters. The van der Waals surface area contributed by atoms with Crippen LogP contribution in [0.2, 0.25) is 0 Å². The number of alkyl halides is 1. The van der Waals surface area contributed by atoms with Gasteiger partial charge in [-0.15, -0.1) is 11.6 Å². The summed E-state index contributed by atoms with van der Waals surface area (Å²) in [5.74, 6) is 1.91. The Labute approximate surface area is 144 Å². The zero-order valence-corrected chi connectivity index (χ0v) is 15.0. The molecule has 3 nitrogen and oxygen atoms in total. The van der Waals surface area contributed by atoms with Crippen molar-refractivity contribution in [3.63, 3.8) is 0 Å². The van der Waals surface area contributed by atoms with Crippen LogP contribution in [0.5, 0.6) is 5.75 Å². The van der Waals surface area contributed by atoms with Gasteiger partial charge in [-0.2, -0.15) is 0 Å². The lowest BCUT2D eigenvalue weighted by molar-refractivity contribution is 0.415. The molecule has 0 spiro atoms. The van der Waals surface area contributed by atoms with E-state index in [2.05, 4.69) is 41.4 Å². The van der Waals surface area contributed by atoms with E-state index >= 15 is 0 Å². The Morgan fingerprint density at radius 2 is 2.00 bits per heavy atom. The predicted octanol–water partition coefficient (Wildman–Crippen LogP) is 5.30. The highest BCUT2D eigenvalue weighted by molar-refractivity contribution is 9.11. The van der Waals surface area contributed by atoms with Crippen LogP contribution < -0.4 is 4.74 Å². The second kappa shape index (κ2) is 5.99. The first-order chi connectivity index (χ1) is 10.1. The van der Waals surface area contributed by atoms with Crippen molar-refractivity contribution in [2.75, 3.05) is 7.11 Å². The standard InChI is InChI=1S/C15H11Br2ClN2O/c1-21-10-3-5-14-12(7-10)19-15(8-18)20(14)13-4-2-9(16)6-11(13)17/h2-7H,8H2,1H3. The van der Waals surface area contributed by atoms with Crippen molar-refractivity contribution in [3.8, 4) is 11.4 Å². The number of fused-ring (bicyclic) bond motifs is 1. The van der Waals surface area contributed by atoms with E-state index in [9.17, 15) is 0 Å². The first kappa shape index (κ1) is 14.9. The summed E-state index contributed by atoms with van der Waals surface area (Å²) in [5, 5.41) is 0. The molecule has 2 aromatic carbocycles. The number of methoxy groups -OCH3 is 1. The molecule has 108 valence electrons. The lowest BCUT2D eigenvalue weighted by Crippen LogP contribution is -2.00. The van der Waals surface area contributed by atoms with Gasteiger partial charge in [-0.1, -0.05) is 15.9 Å². The van der Waals surface area contributed by atoms with Gasteiger partial charge < -0.3 is 4.74 Å². The van der Waals surface area contributed by atoms with Crippen LogP contribution in [0.3, 0.4) is 0 Å². The quantitative estimate of drug-likeness (QED) is 0.528. The third-order valence-electron chi connectivity index (χ3n) is 3.20. The molecule has 1 heterocycles. The van der Waals surface area contributed by atoms with Crippen LogP contribution in [0.15, 0.2) is 45.3 Å². The lowest BCUT2D eigenvalue weighted by Gasteiger charge is -2.10. The summed E-state index contributed by atoms with van der Waals surface area (Å²) in [6.45, 7) is 0. The van der Waals surface area contributed by atoms with Gasteiger partial charge in [0.2, 0.25) is 0 Å². The first-order valence-corrected chi connectivity index (χ1v) is 8.33. The van der Waals surface area contributed by atoms with Crippen LogP contribution in [0.4, 0.5) is 0 Å². The fourth-order valence-corrected chi connectivity index (χ4v) is 3.66. The third kappa shape index (κ3) is 2.70. The van der Waals surface area contributed by atoms with Crippen LogP contribution >= 0.6 is 43.5 Å². The number of hydrogen-bond acceptors (Lipinski definition) is 2. The number of halogens is 3.